The number of amides is 1. The maximum Gasteiger partial charge on any atom is 0.264 e. The predicted molar refractivity (Wildman–Crippen MR) is 130 cm³/mol. The number of sulfonamides is 1. The Kier molecular flexibility index (Phi) is 6.55. The monoisotopic (exact) mass is 474 g/mol. The summed E-state index contributed by atoms with van der Waals surface area (Å²) in [5.41, 5.74) is 2.64. The van der Waals surface area contributed by atoms with Crippen LogP contribution in [0.3, 0.4) is 0 Å². The lowest BCUT2D eigenvalue weighted by Crippen LogP contribution is -2.16. The molecule has 0 bridgehead atoms. The van der Waals surface area contributed by atoms with E-state index in [2.05, 4.69) is 20.0 Å². The van der Waals surface area contributed by atoms with E-state index in [1.54, 1.807) is 24.3 Å². The first-order chi connectivity index (χ1) is 16.3. The van der Waals surface area contributed by atoms with E-state index in [4.69, 9.17) is 4.74 Å². The zero-order chi connectivity index (χ0) is 24.1. The van der Waals surface area contributed by atoms with Crippen LogP contribution < -0.4 is 14.8 Å². The Morgan fingerprint density at radius 2 is 1.62 bits per heavy atom. The van der Waals surface area contributed by atoms with Crippen LogP contribution in [0.1, 0.15) is 12.5 Å². The van der Waals surface area contributed by atoms with Crippen LogP contribution in [0.4, 0.5) is 11.6 Å². The van der Waals surface area contributed by atoms with Gasteiger partial charge in [-0.3, -0.25) is 4.79 Å². The maximum atomic E-state index is 13.1. The lowest BCUT2D eigenvalue weighted by molar-refractivity contribution is -0.114. The van der Waals surface area contributed by atoms with E-state index in [9.17, 15) is 13.2 Å². The second-order valence-electron chi connectivity index (χ2n) is 7.46. The van der Waals surface area contributed by atoms with Crippen molar-refractivity contribution >= 4 is 27.6 Å². The van der Waals surface area contributed by atoms with Gasteiger partial charge in [0.25, 0.3) is 10.0 Å². The first kappa shape index (κ1) is 22.9. The largest absolute Gasteiger partial charge is 0.439 e. The van der Waals surface area contributed by atoms with Crippen LogP contribution in [0.25, 0.3) is 11.3 Å². The van der Waals surface area contributed by atoms with Gasteiger partial charge in [0, 0.05) is 24.2 Å². The summed E-state index contributed by atoms with van der Waals surface area (Å²) in [6.07, 6.45) is 0. The Balaban J connectivity index is 1.73. The first-order valence-electron chi connectivity index (χ1n) is 10.4. The Morgan fingerprint density at radius 1 is 0.882 bits per heavy atom. The molecule has 4 aromatic rings. The first-order valence-corrected chi connectivity index (χ1v) is 11.9. The van der Waals surface area contributed by atoms with Gasteiger partial charge in [-0.2, -0.15) is 4.98 Å². The third-order valence-corrected chi connectivity index (χ3v) is 6.11. The van der Waals surface area contributed by atoms with Gasteiger partial charge in [-0.25, -0.2) is 18.1 Å². The van der Waals surface area contributed by atoms with Crippen molar-refractivity contribution in [3.8, 4) is 22.9 Å². The minimum atomic E-state index is -4.05. The minimum Gasteiger partial charge on any atom is -0.439 e. The van der Waals surface area contributed by atoms with Gasteiger partial charge in [-0.05, 0) is 42.8 Å². The number of nitrogens with one attached hydrogen (secondary N) is 2. The normalized spacial score (nSPS) is 11.0. The van der Waals surface area contributed by atoms with Gasteiger partial charge in [0.2, 0.25) is 17.7 Å². The van der Waals surface area contributed by atoms with Crippen LogP contribution in [0.5, 0.6) is 11.6 Å². The summed E-state index contributed by atoms with van der Waals surface area (Å²) >= 11 is 0. The summed E-state index contributed by atoms with van der Waals surface area (Å²) in [5.74, 6) is 0.286. The second kappa shape index (κ2) is 9.72. The molecule has 0 aliphatic carbocycles. The predicted octanol–water partition coefficient (Wildman–Crippen LogP) is 5.00. The number of benzene rings is 3. The number of hydrogen-bond acceptors (Lipinski definition) is 6. The van der Waals surface area contributed by atoms with Crippen LogP contribution >= 0.6 is 0 Å². The molecule has 0 spiro atoms. The molecule has 0 aliphatic heterocycles. The van der Waals surface area contributed by atoms with Gasteiger partial charge in [-0.15, -0.1) is 0 Å². The highest BCUT2D eigenvalue weighted by Crippen LogP contribution is 2.29. The van der Waals surface area contributed by atoms with Crippen LogP contribution in [-0.2, 0) is 14.8 Å². The van der Waals surface area contributed by atoms with Gasteiger partial charge < -0.3 is 10.1 Å². The van der Waals surface area contributed by atoms with E-state index in [0.717, 1.165) is 11.1 Å². The third kappa shape index (κ3) is 5.57. The third-order valence-electron chi connectivity index (χ3n) is 4.78. The average Bonchev–Trinajstić information content (AvgIpc) is 2.79. The molecular weight excluding hydrogens is 452 g/mol. The number of nitrogens with zero attached hydrogens (tertiary/aromatic N) is 2. The molecule has 0 radical (unpaired) electrons. The zero-order valence-electron chi connectivity index (χ0n) is 18.5. The smallest absolute Gasteiger partial charge is 0.264 e. The van der Waals surface area contributed by atoms with Crippen molar-refractivity contribution in [3.63, 3.8) is 0 Å². The number of aromatic nitrogens is 2. The van der Waals surface area contributed by atoms with Crippen molar-refractivity contribution in [3.05, 3.63) is 90.5 Å². The minimum absolute atomic E-state index is 0.0471. The number of carbonyl (C=O) groups is 1. The number of carbonyl (C=O) groups excluding carboxylic acids is 1. The van der Waals surface area contributed by atoms with Crippen molar-refractivity contribution in [2.24, 2.45) is 0 Å². The van der Waals surface area contributed by atoms with E-state index in [0.29, 0.717) is 17.1 Å². The summed E-state index contributed by atoms with van der Waals surface area (Å²) in [6.45, 7) is 3.28. The average molecular weight is 475 g/mol. The highest BCUT2D eigenvalue weighted by atomic mass is 32.2. The number of anilines is 2. The summed E-state index contributed by atoms with van der Waals surface area (Å²) in [6, 6.07) is 24.2. The van der Waals surface area contributed by atoms with E-state index in [-0.39, 0.29) is 22.6 Å². The molecule has 0 saturated carbocycles. The SMILES string of the molecule is CC(=O)Nc1cccc(S(=O)(=O)Nc2nc(Oc3ccccc3)cc(-c3ccccc3C)n2)c1. The summed E-state index contributed by atoms with van der Waals surface area (Å²) in [4.78, 5) is 20.0. The topological polar surface area (TPSA) is 110 Å². The van der Waals surface area contributed by atoms with Crippen molar-refractivity contribution in [1.82, 2.24) is 9.97 Å². The molecule has 8 nitrogen and oxygen atoms in total. The molecule has 0 atom stereocenters. The molecule has 1 heterocycles. The Labute approximate surface area is 197 Å². The van der Waals surface area contributed by atoms with E-state index < -0.39 is 10.0 Å². The molecule has 9 heteroatoms. The highest BCUT2D eigenvalue weighted by Gasteiger charge is 2.19. The molecule has 34 heavy (non-hydrogen) atoms. The van der Waals surface area contributed by atoms with Crippen LogP contribution in [0.2, 0.25) is 0 Å². The summed E-state index contributed by atoms with van der Waals surface area (Å²) in [7, 11) is -4.05. The fourth-order valence-electron chi connectivity index (χ4n) is 3.25. The second-order valence-corrected chi connectivity index (χ2v) is 9.14. The van der Waals surface area contributed by atoms with Crippen molar-refractivity contribution < 1.29 is 17.9 Å². The van der Waals surface area contributed by atoms with Gasteiger partial charge >= 0.3 is 0 Å². The van der Waals surface area contributed by atoms with Crippen LogP contribution in [0.15, 0.2) is 89.8 Å². The molecule has 0 saturated heterocycles. The Bertz CT molecular complexity index is 1440. The number of para-hydroxylation sites is 1. The summed E-state index contributed by atoms with van der Waals surface area (Å²) in [5, 5.41) is 2.57. The van der Waals surface area contributed by atoms with Gasteiger partial charge in [0.1, 0.15) is 5.75 Å². The zero-order valence-corrected chi connectivity index (χ0v) is 19.3. The number of hydrogen-bond donors (Lipinski definition) is 2. The highest BCUT2D eigenvalue weighted by molar-refractivity contribution is 7.92. The van der Waals surface area contributed by atoms with E-state index in [1.165, 1.54) is 25.1 Å². The van der Waals surface area contributed by atoms with Crippen molar-refractivity contribution in [1.29, 1.82) is 0 Å². The fraction of sp³-hybridized carbons (Fsp3) is 0.0800. The molecule has 1 aromatic heterocycles. The van der Waals surface area contributed by atoms with Crippen LogP contribution in [-0.4, -0.2) is 24.3 Å². The lowest BCUT2D eigenvalue weighted by Gasteiger charge is -2.13. The quantitative estimate of drug-likeness (QED) is 0.390. The Morgan fingerprint density at radius 3 is 2.35 bits per heavy atom. The fourth-order valence-corrected chi connectivity index (χ4v) is 4.24. The molecule has 1 amide bonds. The van der Waals surface area contributed by atoms with Crippen LogP contribution in [0, 0.1) is 6.92 Å². The van der Waals surface area contributed by atoms with Crippen molar-refractivity contribution in [2.75, 3.05) is 10.0 Å². The van der Waals surface area contributed by atoms with Gasteiger partial charge in [0.05, 0.1) is 10.6 Å². The molecule has 3 aromatic carbocycles. The molecule has 4 rings (SSSR count). The standard InChI is InChI=1S/C25H22N4O4S/c1-17-9-6-7-14-22(17)23-16-24(33-20-11-4-3-5-12-20)28-25(27-23)29-34(31,32)21-13-8-10-19(15-21)26-18(2)30/h3-16H,1-2H3,(H,26,30)(H,27,28,29). The van der Waals surface area contributed by atoms with Crippen molar-refractivity contribution in [2.45, 2.75) is 18.7 Å². The van der Waals surface area contributed by atoms with E-state index in [1.807, 2.05) is 49.4 Å². The molecule has 0 fully saturated rings. The molecule has 172 valence electrons. The van der Waals surface area contributed by atoms with Gasteiger partial charge in [0.15, 0.2) is 0 Å². The summed E-state index contributed by atoms with van der Waals surface area (Å²) < 4.78 is 34.5. The number of ether oxygens (including phenoxy) is 1. The molecule has 0 unspecified atom stereocenters. The van der Waals surface area contributed by atoms with E-state index >= 15 is 0 Å². The Hall–Kier alpha value is -4.24. The van der Waals surface area contributed by atoms with Gasteiger partial charge in [-0.1, -0.05) is 48.5 Å². The number of aryl methyl sites for hydroxylation is 1. The molecular formula is C25H22N4O4S. The lowest BCUT2D eigenvalue weighted by atomic mass is 10.1. The number of rotatable bonds is 7. The maximum absolute atomic E-state index is 13.1. The molecule has 0 aliphatic rings. The molecule has 2 N–H and O–H groups in total.